The summed E-state index contributed by atoms with van der Waals surface area (Å²) in [5.41, 5.74) is 1.44. The Morgan fingerprint density at radius 3 is 2.73 bits per heavy atom. The number of carbonyl (C=O) groups is 1. The van der Waals surface area contributed by atoms with E-state index in [1.54, 1.807) is 12.1 Å². The van der Waals surface area contributed by atoms with Crippen molar-refractivity contribution in [1.82, 2.24) is 5.32 Å². The molecule has 2 aromatic carbocycles. The molecule has 0 atom stereocenters. The first-order chi connectivity index (χ1) is 12.5. The van der Waals surface area contributed by atoms with E-state index in [1.807, 2.05) is 36.4 Å². The van der Waals surface area contributed by atoms with Crippen molar-refractivity contribution in [3.63, 3.8) is 0 Å². The van der Waals surface area contributed by atoms with Gasteiger partial charge in [0.15, 0.2) is 11.5 Å². The number of amides is 1. The number of benzene rings is 2. The number of nitrogens with one attached hydrogen (secondary N) is 1. The Morgan fingerprint density at radius 1 is 1.35 bits per heavy atom. The number of ether oxygens (including phenoxy) is 1. The van der Waals surface area contributed by atoms with Gasteiger partial charge in [-0.2, -0.15) is 5.26 Å². The highest BCUT2D eigenvalue weighted by Crippen LogP contribution is 2.34. The van der Waals surface area contributed by atoms with E-state index in [9.17, 15) is 15.2 Å². The van der Waals surface area contributed by atoms with Crippen molar-refractivity contribution in [2.24, 2.45) is 0 Å². The molecule has 0 spiro atoms. The molecular formula is C20H19BrN2O3. The zero-order chi connectivity index (χ0) is 18.9. The molecule has 0 saturated heterocycles. The van der Waals surface area contributed by atoms with Gasteiger partial charge in [0.05, 0.1) is 7.11 Å². The fraction of sp³-hybridized carbons (Fsp3) is 0.200. The van der Waals surface area contributed by atoms with Crippen LogP contribution in [0.4, 0.5) is 0 Å². The van der Waals surface area contributed by atoms with Crippen molar-refractivity contribution in [3.05, 3.63) is 63.6 Å². The largest absolute Gasteiger partial charge is 0.504 e. The van der Waals surface area contributed by atoms with Gasteiger partial charge in [0, 0.05) is 16.6 Å². The summed E-state index contributed by atoms with van der Waals surface area (Å²) in [6.45, 7) is 0.459. The summed E-state index contributed by atoms with van der Waals surface area (Å²) < 4.78 is 5.74. The number of rotatable bonds is 7. The monoisotopic (exact) mass is 414 g/mol. The van der Waals surface area contributed by atoms with Crippen LogP contribution in [0.25, 0.3) is 6.08 Å². The number of nitrogens with zero attached hydrogens (tertiary/aromatic N) is 1. The highest BCUT2D eigenvalue weighted by molar-refractivity contribution is 9.10. The highest BCUT2D eigenvalue weighted by Gasteiger charge is 2.13. The number of hydrogen-bond acceptors (Lipinski definition) is 4. The number of phenols is 1. The van der Waals surface area contributed by atoms with Crippen molar-refractivity contribution < 1.29 is 14.6 Å². The third-order valence-corrected chi connectivity index (χ3v) is 4.18. The molecule has 2 N–H and O–H groups in total. The molecule has 0 bridgehead atoms. The zero-order valence-electron chi connectivity index (χ0n) is 14.3. The molecule has 2 aromatic rings. The quantitative estimate of drug-likeness (QED) is 0.409. The minimum Gasteiger partial charge on any atom is -0.504 e. The van der Waals surface area contributed by atoms with Crippen LogP contribution in [-0.2, 0) is 11.2 Å². The maximum absolute atomic E-state index is 12.2. The second-order valence-corrected chi connectivity index (χ2v) is 6.48. The molecule has 0 fully saturated rings. The van der Waals surface area contributed by atoms with E-state index in [2.05, 4.69) is 21.2 Å². The standard InChI is InChI=1S/C20H19BrN2O3/c1-26-18-12-17(21)11-15(19(18)24)10-16(13-22)20(25)23-9-5-8-14-6-3-2-4-7-14/h2-4,6-7,10-12,24H,5,8-9H2,1H3,(H,23,25)/b16-10-. The van der Waals surface area contributed by atoms with E-state index in [-0.39, 0.29) is 17.1 Å². The molecule has 6 heteroatoms. The summed E-state index contributed by atoms with van der Waals surface area (Å²) in [5, 5.41) is 22.2. The van der Waals surface area contributed by atoms with Gasteiger partial charge in [0.25, 0.3) is 5.91 Å². The molecule has 0 aliphatic carbocycles. The van der Waals surface area contributed by atoms with E-state index < -0.39 is 5.91 Å². The Morgan fingerprint density at radius 2 is 2.08 bits per heavy atom. The summed E-state index contributed by atoms with van der Waals surface area (Å²) in [5.74, 6) is -0.342. The van der Waals surface area contributed by atoms with Gasteiger partial charge in [-0.25, -0.2) is 0 Å². The number of aromatic hydroxyl groups is 1. The van der Waals surface area contributed by atoms with Crippen LogP contribution >= 0.6 is 15.9 Å². The predicted octanol–water partition coefficient (Wildman–Crippen LogP) is 3.82. The first kappa shape index (κ1) is 19.5. The van der Waals surface area contributed by atoms with Crippen LogP contribution < -0.4 is 10.1 Å². The Kier molecular flexibility index (Phi) is 7.24. The average Bonchev–Trinajstić information content (AvgIpc) is 2.66. The molecule has 134 valence electrons. The van der Waals surface area contributed by atoms with E-state index >= 15 is 0 Å². The van der Waals surface area contributed by atoms with Crippen LogP contribution in [0.3, 0.4) is 0 Å². The molecule has 0 saturated carbocycles. The van der Waals surface area contributed by atoms with E-state index in [1.165, 1.54) is 18.7 Å². The normalized spacial score (nSPS) is 10.9. The second-order valence-electron chi connectivity index (χ2n) is 5.56. The van der Waals surface area contributed by atoms with Crippen LogP contribution in [-0.4, -0.2) is 24.7 Å². The minimum atomic E-state index is -0.473. The van der Waals surface area contributed by atoms with E-state index in [4.69, 9.17) is 4.74 Å². The maximum Gasteiger partial charge on any atom is 0.261 e. The molecule has 5 nitrogen and oxygen atoms in total. The van der Waals surface area contributed by atoms with Gasteiger partial charge in [0.2, 0.25) is 0 Å². The number of methoxy groups -OCH3 is 1. The van der Waals surface area contributed by atoms with Gasteiger partial charge in [-0.3, -0.25) is 4.79 Å². The summed E-state index contributed by atoms with van der Waals surface area (Å²) in [4.78, 5) is 12.2. The third kappa shape index (κ3) is 5.36. The van der Waals surface area contributed by atoms with Crippen LogP contribution in [0.5, 0.6) is 11.5 Å². The first-order valence-corrected chi connectivity index (χ1v) is 8.85. The van der Waals surface area contributed by atoms with Crippen LogP contribution in [0, 0.1) is 11.3 Å². The summed E-state index contributed by atoms with van der Waals surface area (Å²) in [7, 11) is 1.43. The number of aryl methyl sites for hydroxylation is 1. The number of nitriles is 1. The highest BCUT2D eigenvalue weighted by atomic mass is 79.9. The molecule has 0 heterocycles. The fourth-order valence-corrected chi connectivity index (χ4v) is 2.85. The molecule has 26 heavy (non-hydrogen) atoms. The molecule has 0 aromatic heterocycles. The van der Waals surface area contributed by atoms with Crippen molar-refractivity contribution in [2.45, 2.75) is 12.8 Å². The van der Waals surface area contributed by atoms with Crippen LogP contribution in [0.2, 0.25) is 0 Å². The molecule has 1 amide bonds. The van der Waals surface area contributed by atoms with E-state index in [0.717, 1.165) is 12.8 Å². The number of hydrogen-bond donors (Lipinski definition) is 2. The number of carbonyl (C=O) groups excluding carboxylic acids is 1. The lowest BCUT2D eigenvalue weighted by Gasteiger charge is -2.08. The van der Waals surface area contributed by atoms with E-state index in [0.29, 0.717) is 16.6 Å². The molecule has 0 aliphatic rings. The Bertz CT molecular complexity index is 842. The Hall–Kier alpha value is -2.78. The number of halogens is 1. The summed E-state index contributed by atoms with van der Waals surface area (Å²) in [6, 6.07) is 15.1. The lowest BCUT2D eigenvalue weighted by molar-refractivity contribution is -0.117. The number of phenolic OH excluding ortho intramolecular Hbond substituents is 1. The first-order valence-electron chi connectivity index (χ1n) is 8.05. The summed E-state index contributed by atoms with van der Waals surface area (Å²) in [6.07, 6.45) is 2.95. The Balaban J connectivity index is 2.01. The molecular weight excluding hydrogens is 396 g/mol. The molecule has 2 rings (SSSR count). The average molecular weight is 415 g/mol. The van der Waals surface area contributed by atoms with Crippen molar-refractivity contribution in [2.75, 3.05) is 13.7 Å². The van der Waals surface area contributed by atoms with Gasteiger partial charge in [-0.1, -0.05) is 46.3 Å². The smallest absolute Gasteiger partial charge is 0.261 e. The van der Waals surface area contributed by atoms with Gasteiger partial charge in [-0.05, 0) is 36.6 Å². The lowest BCUT2D eigenvalue weighted by Crippen LogP contribution is -2.25. The molecule has 0 radical (unpaired) electrons. The molecule has 0 unspecified atom stereocenters. The van der Waals surface area contributed by atoms with Gasteiger partial charge in [0.1, 0.15) is 11.6 Å². The maximum atomic E-state index is 12.2. The van der Waals surface area contributed by atoms with Gasteiger partial charge >= 0.3 is 0 Å². The Labute approximate surface area is 161 Å². The van der Waals surface area contributed by atoms with Crippen molar-refractivity contribution in [3.8, 4) is 17.6 Å². The van der Waals surface area contributed by atoms with Crippen molar-refractivity contribution in [1.29, 1.82) is 5.26 Å². The van der Waals surface area contributed by atoms with Crippen LogP contribution in [0.15, 0.2) is 52.5 Å². The lowest BCUT2D eigenvalue weighted by atomic mass is 10.1. The SMILES string of the molecule is COc1cc(Br)cc(/C=C(/C#N)C(=O)NCCCc2ccccc2)c1O. The molecule has 0 aliphatic heterocycles. The minimum absolute atomic E-state index is 0.0832. The second kappa shape index (κ2) is 9.64. The van der Waals surface area contributed by atoms with Crippen LogP contribution in [0.1, 0.15) is 17.5 Å². The predicted molar refractivity (Wildman–Crippen MR) is 104 cm³/mol. The third-order valence-electron chi connectivity index (χ3n) is 3.72. The van der Waals surface area contributed by atoms with Crippen molar-refractivity contribution >= 4 is 27.9 Å². The van der Waals surface area contributed by atoms with Gasteiger partial charge in [-0.15, -0.1) is 0 Å². The fourth-order valence-electron chi connectivity index (χ4n) is 2.40. The topological polar surface area (TPSA) is 82.3 Å². The zero-order valence-corrected chi connectivity index (χ0v) is 15.9. The summed E-state index contributed by atoms with van der Waals surface area (Å²) >= 11 is 3.31. The van der Waals surface area contributed by atoms with Gasteiger partial charge < -0.3 is 15.2 Å².